The molecule has 0 radical (unpaired) electrons. The number of carbonyl (C=O) groups is 2. The maximum Gasteiger partial charge on any atom is 0.332 e. The van der Waals surface area contributed by atoms with E-state index >= 15 is 0 Å². The zero-order valence-corrected chi connectivity index (χ0v) is 11.6. The van der Waals surface area contributed by atoms with Crippen LogP contribution in [-0.4, -0.2) is 48.0 Å². The Labute approximate surface area is 121 Å². The number of carboxylic acids is 1. The summed E-state index contributed by atoms with van der Waals surface area (Å²) in [5.41, 5.74) is -0.569. The minimum atomic E-state index is -1.34. The number of methoxy groups -OCH3 is 1. The molecule has 1 aromatic heterocycles. The standard InChI is InChI=1S/C13H17N3O5/c1-20-10-3-2-9(6-14-10)7-15-12(19)16-13(11(17)18)4-5-21-8-13/h2-3,6H,4-5,7-8H2,1H3,(H,17,18)(H2,15,16,19). The number of rotatable bonds is 5. The molecule has 0 saturated carbocycles. The molecule has 1 saturated heterocycles. The molecular weight excluding hydrogens is 278 g/mol. The van der Waals surface area contributed by atoms with E-state index in [1.165, 1.54) is 7.11 Å². The number of ether oxygens (including phenoxy) is 2. The topological polar surface area (TPSA) is 110 Å². The van der Waals surface area contributed by atoms with Crippen LogP contribution in [0, 0.1) is 0 Å². The van der Waals surface area contributed by atoms with Gasteiger partial charge in [-0.3, -0.25) is 0 Å². The van der Waals surface area contributed by atoms with Gasteiger partial charge in [0, 0.05) is 31.8 Å². The first kappa shape index (κ1) is 15.0. The summed E-state index contributed by atoms with van der Waals surface area (Å²) in [4.78, 5) is 27.1. The van der Waals surface area contributed by atoms with Gasteiger partial charge in [-0.2, -0.15) is 0 Å². The van der Waals surface area contributed by atoms with Gasteiger partial charge >= 0.3 is 12.0 Å². The van der Waals surface area contributed by atoms with Crippen LogP contribution in [0.25, 0.3) is 0 Å². The van der Waals surface area contributed by atoms with Crippen LogP contribution in [0.3, 0.4) is 0 Å². The van der Waals surface area contributed by atoms with Crippen molar-refractivity contribution in [1.29, 1.82) is 0 Å². The summed E-state index contributed by atoms with van der Waals surface area (Å²) in [7, 11) is 1.52. The van der Waals surface area contributed by atoms with Crippen molar-refractivity contribution in [2.24, 2.45) is 0 Å². The molecule has 8 heteroatoms. The molecule has 1 unspecified atom stereocenters. The fourth-order valence-electron chi connectivity index (χ4n) is 1.97. The van der Waals surface area contributed by atoms with E-state index in [0.717, 1.165) is 5.56 Å². The minimum absolute atomic E-state index is 0.0279. The van der Waals surface area contributed by atoms with Crippen LogP contribution in [-0.2, 0) is 16.1 Å². The summed E-state index contributed by atoms with van der Waals surface area (Å²) in [5, 5.41) is 14.3. The number of urea groups is 1. The van der Waals surface area contributed by atoms with Gasteiger partial charge in [-0.1, -0.05) is 6.07 Å². The first-order valence-electron chi connectivity index (χ1n) is 6.42. The summed E-state index contributed by atoms with van der Waals surface area (Å²) in [6.45, 7) is 0.522. The van der Waals surface area contributed by atoms with E-state index in [1.54, 1.807) is 18.3 Å². The third-order valence-corrected chi connectivity index (χ3v) is 3.24. The lowest BCUT2D eigenvalue weighted by atomic mass is 9.99. The van der Waals surface area contributed by atoms with Crippen molar-refractivity contribution in [3.63, 3.8) is 0 Å². The molecule has 8 nitrogen and oxygen atoms in total. The molecule has 0 spiro atoms. The van der Waals surface area contributed by atoms with Gasteiger partial charge in [0.25, 0.3) is 0 Å². The maximum atomic E-state index is 11.8. The van der Waals surface area contributed by atoms with Gasteiger partial charge in [0.15, 0.2) is 5.54 Å². The van der Waals surface area contributed by atoms with Crippen molar-refractivity contribution in [3.8, 4) is 5.88 Å². The van der Waals surface area contributed by atoms with Crippen molar-refractivity contribution in [3.05, 3.63) is 23.9 Å². The molecule has 1 aliphatic heterocycles. The van der Waals surface area contributed by atoms with Crippen LogP contribution >= 0.6 is 0 Å². The summed E-state index contributed by atoms with van der Waals surface area (Å²) in [6.07, 6.45) is 1.82. The Hall–Kier alpha value is -2.35. The number of hydrogen-bond acceptors (Lipinski definition) is 5. The molecule has 1 fully saturated rings. The average Bonchev–Trinajstić information content (AvgIpc) is 2.95. The first-order valence-corrected chi connectivity index (χ1v) is 6.42. The number of nitrogens with one attached hydrogen (secondary N) is 2. The summed E-state index contributed by atoms with van der Waals surface area (Å²) in [6, 6.07) is 2.88. The molecule has 0 bridgehead atoms. The molecule has 0 aliphatic carbocycles. The van der Waals surface area contributed by atoms with Gasteiger partial charge in [-0.15, -0.1) is 0 Å². The molecule has 2 amide bonds. The van der Waals surface area contributed by atoms with E-state index in [0.29, 0.717) is 12.5 Å². The molecule has 2 rings (SSSR count). The largest absolute Gasteiger partial charge is 0.481 e. The molecule has 114 valence electrons. The fraction of sp³-hybridized carbons (Fsp3) is 0.462. The molecule has 21 heavy (non-hydrogen) atoms. The Morgan fingerprint density at radius 1 is 1.52 bits per heavy atom. The zero-order chi connectivity index (χ0) is 15.3. The zero-order valence-electron chi connectivity index (χ0n) is 11.6. The van der Waals surface area contributed by atoms with Crippen LogP contribution < -0.4 is 15.4 Å². The summed E-state index contributed by atoms with van der Waals surface area (Å²) in [5.74, 6) is -0.614. The molecule has 1 atom stereocenters. The molecule has 1 aromatic rings. The van der Waals surface area contributed by atoms with Gasteiger partial charge in [-0.05, 0) is 5.56 Å². The second kappa shape index (κ2) is 6.40. The van der Waals surface area contributed by atoms with Crippen molar-refractivity contribution in [1.82, 2.24) is 15.6 Å². The highest BCUT2D eigenvalue weighted by Gasteiger charge is 2.43. The van der Waals surface area contributed by atoms with Crippen molar-refractivity contribution >= 4 is 12.0 Å². The van der Waals surface area contributed by atoms with E-state index in [2.05, 4.69) is 15.6 Å². The van der Waals surface area contributed by atoms with Crippen LogP contribution in [0.5, 0.6) is 5.88 Å². The maximum absolute atomic E-state index is 11.8. The fourth-order valence-corrected chi connectivity index (χ4v) is 1.97. The predicted octanol–water partition coefficient (Wildman–Crippen LogP) is 0.133. The van der Waals surface area contributed by atoms with Gasteiger partial charge in [-0.25, -0.2) is 14.6 Å². The Bertz CT molecular complexity index is 511. The lowest BCUT2D eigenvalue weighted by Crippen LogP contribution is -2.57. The Morgan fingerprint density at radius 2 is 2.33 bits per heavy atom. The van der Waals surface area contributed by atoms with Crippen molar-refractivity contribution in [2.45, 2.75) is 18.5 Å². The second-order valence-electron chi connectivity index (χ2n) is 4.71. The normalized spacial score (nSPS) is 20.8. The first-order chi connectivity index (χ1) is 10.1. The molecule has 1 aliphatic rings. The second-order valence-corrected chi connectivity index (χ2v) is 4.71. The highest BCUT2D eigenvalue weighted by Crippen LogP contribution is 2.18. The highest BCUT2D eigenvalue weighted by molar-refractivity contribution is 5.86. The van der Waals surface area contributed by atoms with Crippen LogP contribution in [0.4, 0.5) is 4.79 Å². The Morgan fingerprint density at radius 3 is 2.86 bits per heavy atom. The molecular formula is C13H17N3O5. The third-order valence-electron chi connectivity index (χ3n) is 3.24. The van der Waals surface area contributed by atoms with Crippen LogP contribution in [0.15, 0.2) is 18.3 Å². The lowest BCUT2D eigenvalue weighted by Gasteiger charge is -2.23. The minimum Gasteiger partial charge on any atom is -0.481 e. The van der Waals surface area contributed by atoms with E-state index in [1.807, 2.05) is 0 Å². The van der Waals surface area contributed by atoms with E-state index in [4.69, 9.17) is 9.47 Å². The van der Waals surface area contributed by atoms with Crippen LogP contribution in [0.1, 0.15) is 12.0 Å². The van der Waals surface area contributed by atoms with Crippen molar-refractivity contribution in [2.75, 3.05) is 20.3 Å². The monoisotopic (exact) mass is 295 g/mol. The molecule has 0 aromatic carbocycles. The SMILES string of the molecule is COc1ccc(CNC(=O)NC2(C(=O)O)CCOC2)cn1. The van der Waals surface area contributed by atoms with Gasteiger partial charge in [0.2, 0.25) is 5.88 Å². The van der Waals surface area contributed by atoms with E-state index in [-0.39, 0.29) is 19.6 Å². The number of aliphatic carboxylic acids is 1. The number of carboxylic acid groups (broad SMARTS) is 1. The van der Waals surface area contributed by atoms with Crippen molar-refractivity contribution < 1.29 is 24.2 Å². The van der Waals surface area contributed by atoms with Gasteiger partial charge < -0.3 is 25.2 Å². The predicted molar refractivity (Wildman–Crippen MR) is 72.0 cm³/mol. The van der Waals surface area contributed by atoms with E-state index in [9.17, 15) is 14.7 Å². The lowest BCUT2D eigenvalue weighted by molar-refractivity contribution is -0.144. The number of aromatic nitrogens is 1. The number of amides is 2. The average molecular weight is 295 g/mol. The number of nitrogens with zero attached hydrogens (tertiary/aromatic N) is 1. The number of carbonyl (C=O) groups excluding carboxylic acids is 1. The molecule has 2 heterocycles. The number of hydrogen-bond donors (Lipinski definition) is 3. The highest BCUT2D eigenvalue weighted by atomic mass is 16.5. The third kappa shape index (κ3) is 3.60. The Balaban J connectivity index is 1.87. The smallest absolute Gasteiger partial charge is 0.332 e. The summed E-state index contributed by atoms with van der Waals surface area (Å²) >= 11 is 0. The number of pyridine rings is 1. The van der Waals surface area contributed by atoms with Gasteiger partial charge in [0.1, 0.15) is 0 Å². The van der Waals surface area contributed by atoms with E-state index < -0.39 is 17.5 Å². The quantitative estimate of drug-likeness (QED) is 0.712. The molecule has 3 N–H and O–H groups in total. The van der Waals surface area contributed by atoms with Gasteiger partial charge in [0.05, 0.1) is 13.7 Å². The summed E-state index contributed by atoms with van der Waals surface area (Å²) < 4.78 is 10.00. The Kier molecular flexibility index (Phi) is 4.59. The van der Waals surface area contributed by atoms with Crippen LogP contribution in [0.2, 0.25) is 0 Å².